The molecule has 0 radical (unpaired) electrons. The zero-order valence-electron chi connectivity index (χ0n) is 17.2. The SMILES string of the molecule is C[C@@H]1CN(c2c(F)cc3c(=O)c(C(=O)O)cn4c3c2OC[C@@H]4CF)C[C@@H]1CNC1CC1. The molecule has 0 amide bonds. The van der Waals surface area contributed by atoms with Gasteiger partial charge in [0.1, 0.15) is 24.5 Å². The summed E-state index contributed by atoms with van der Waals surface area (Å²) in [5.41, 5.74) is -0.781. The number of hydrogen-bond acceptors (Lipinski definition) is 5. The van der Waals surface area contributed by atoms with Gasteiger partial charge in [-0.3, -0.25) is 4.79 Å². The summed E-state index contributed by atoms with van der Waals surface area (Å²) in [4.78, 5) is 26.2. The highest BCUT2D eigenvalue weighted by atomic mass is 19.1. The third-order valence-electron chi connectivity index (χ3n) is 6.75. The number of carbonyl (C=O) groups is 1. The molecule has 1 aromatic carbocycles. The average molecular weight is 433 g/mol. The van der Waals surface area contributed by atoms with E-state index in [1.165, 1.54) is 17.4 Å². The first-order chi connectivity index (χ1) is 14.9. The average Bonchev–Trinajstić information content (AvgIpc) is 3.50. The van der Waals surface area contributed by atoms with Gasteiger partial charge in [0.15, 0.2) is 11.6 Å². The Hall–Kier alpha value is -2.68. The van der Waals surface area contributed by atoms with Gasteiger partial charge in [-0.05, 0) is 30.7 Å². The number of aromatic nitrogens is 1. The second kappa shape index (κ2) is 7.47. The summed E-state index contributed by atoms with van der Waals surface area (Å²) in [6.45, 7) is 3.43. The third-order valence-corrected chi connectivity index (χ3v) is 6.75. The van der Waals surface area contributed by atoms with Crippen molar-refractivity contribution in [3.63, 3.8) is 0 Å². The molecule has 1 saturated heterocycles. The number of ether oxygens (including phenoxy) is 1. The van der Waals surface area contributed by atoms with Gasteiger partial charge in [0, 0.05) is 31.9 Å². The van der Waals surface area contributed by atoms with Gasteiger partial charge in [0.05, 0.1) is 16.9 Å². The predicted molar refractivity (Wildman–Crippen MR) is 112 cm³/mol. The van der Waals surface area contributed by atoms with Crippen molar-refractivity contribution < 1.29 is 23.4 Å². The van der Waals surface area contributed by atoms with E-state index in [9.17, 15) is 19.1 Å². The smallest absolute Gasteiger partial charge is 0.341 e. The van der Waals surface area contributed by atoms with Crippen LogP contribution in [-0.4, -0.2) is 54.6 Å². The van der Waals surface area contributed by atoms with E-state index in [1.54, 1.807) is 0 Å². The normalized spacial score (nSPS) is 25.1. The largest absolute Gasteiger partial charge is 0.487 e. The number of pyridine rings is 1. The molecule has 2 aliphatic heterocycles. The van der Waals surface area contributed by atoms with E-state index < -0.39 is 35.5 Å². The van der Waals surface area contributed by atoms with Crippen LogP contribution in [0.5, 0.6) is 5.75 Å². The Kier molecular flexibility index (Phi) is 4.88. The van der Waals surface area contributed by atoms with Crippen LogP contribution in [0.3, 0.4) is 0 Å². The van der Waals surface area contributed by atoms with Crippen LogP contribution < -0.4 is 20.4 Å². The summed E-state index contributed by atoms with van der Waals surface area (Å²) < 4.78 is 36.2. The first kappa shape index (κ1) is 20.2. The lowest BCUT2D eigenvalue weighted by atomic mass is 9.98. The molecule has 31 heavy (non-hydrogen) atoms. The van der Waals surface area contributed by atoms with Crippen molar-refractivity contribution in [3.8, 4) is 5.75 Å². The molecule has 1 aromatic heterocycles. The summed E-state index contributed by atoms with van der Waals surface area (Å²) >= 11 is 0. The fourth-order valence-corrected chi connectivity index (χ4v) is 4.78. The molecule has 1 aliphatic carbocycles. The van der Waals surface area contributed by atoms with E-state index in [2.05, 4.69) is 12.2 Å². The zero-order valence-corrected chi connectivity index (χ0v) is 17.2. The van der Waals surface area contributed by atoms with Crippen LogP contribution in [0, 0.1) is 17.7 Å². The van der Waals surface area contributed by atoms with Crippen LogP contribution in [-0.2, 0) is 0 Å². The monoisotopic (exact) mass is 433 g/mol. The molecule has 2 N–H and O–H groups in total. The molecule has 3 aliphatic rings. The Labute approximate surface area is 177 Å². The second-order valence-corrected chi connectivity index (χ2v) is 8.96. The number of aromatic carboxylic acids is 1. The van der Waals surface area contributed by atoms with Crippen LogP contribution in [0.15, 0.2) is 17.1 Å². The number of hydrogen-bond donors (Lipinski definition) is 2. The summed E-state index contributed by atoms with van der Waals surface area (Å²) in [6.07, 6.45) is 3.56. The fourth-order valence-electron chi connectivity index (χ4n) is 4.78. The van der Waals surface area contributed by atoms with E-state index in [-0.39, 0.29) is 28.9 Å². The van der Waals surface area contributed by atoms with Crippen molar-refractivity contribution in [2.45, 2.75) is 31.8 Å². The summed E-state index contributed by atoms with van der Waals surface area (Å²) in [5.74, 6) is -1.17. The van der Waals surface area contributed by atoms with E-state index in [1.807, 2.05) is 4.90 Å². The predicted octanol–water partition coefficient (Wildman–Crippen LogP) is 2.57. The molecule has 2 fully saturated rings. The highest BCUT2D eigenvalue weighted by molar-refractivity contribution is 5.97. The Bertz CT molecular complexity index is 1110. The number of nitrogens with zero attached hydrogens (tertiary/aromatic N) is 2. The molecule has 2 aromatic rings. The van der Waals surface area contributed by atoms with Crippen LogP contribution >= 0.6 is 0 Å². The van der Waals surface area contributed by atoms with Crippen LogP contribution in [0.2, 0.25) is 0 Å². The minimum absolute atomic E-state index is 0.0625. The van der Waals surface area contributed by atoms with E-state index in [0.717, 1.165) is 18.8 Å². The van der Waals surface area contributed by atoms with Crippen molar-refractivity contribution in [2.75, 3.05) is 37.8 Å². The van der Waals surface area contributed by atoms with E-state index in [4.69, 9.17) is 4.74 Å². The topological polar surface area (TPSA) is 83.8 Å². The quantitative estimate of drug-likeness (QED) is 0.729. The summed E-state index contributed by atoms with van der Waals surface area (Å²) in [7, 11) is 0. The Morgan fingerprint density at radius 2 is 2.13 bits per heavy atom. The molecule has 9 heteroatoms. The molecule has 1 saturated carbocycles. The Balaban J connectivity index is 1.61. The van der Waals surface area contributed by atoms with Crippen molar-refractivity contribution in [1.29, 1.82) is 0 Å². The van der Waals surface area contributed by atoms with Gasteiger partial charge in [-0.1, -0.05) is 6.92 Å². The Morgan fingerprint density at radius 1 is 1.35 bits per heavy atom. The van der Waals surface area contributed by atoms with Crippen LogP contribution in [0.4, 0.5) is 14.5 Å². The number of halogens is 2. The van der Waals surface area contributed by atoms with E-state index in [0.29, 0.717) is 31.0 Å². The third kappa shape index (κ3) is 3.35. The molecule has 0 spiro atoms. The van der Waals surface area contributed by atoms with Crippen molar-refractivity contribution >= 4 is 22.6 Å². The second-order valence-electron chi connectivity index (χ2n) is 8.96. The van der Waals surface area contributed by atoms with Crippen LogP contribution in [0.25, 0.3) is 10.9 Å². The number of carboxylic acid groups (broad SMARTS) is 1. The Morgan fingerprint density at radius 3 is 2.81 bits per heavy atom. The van der Waals surface area contributed by atoms with E-state index >= 15 is 4.39 Å². The zero-order chi connectivity index (χ0) is 21.9. The van der Waals surface area contributed by atoms with Gasteiger partial charge >= 0.3 is 5.97 Å². The lowest BCUT2D eigenvalue weighted by Gasteiger charge is -2.31. The lowest BCUT2D eigenvalue weighted by molar-refractivity contribution is 0.0694. The highest BCUT2D eigenvalue weighted by Gasteiger charge is 2.37. The molecule has 0 bridgehead atoms. The van der Waals surface area contributed by atoms with Gasteiger partial charge in [-0.15, -0.1) is 0 Å². The number of anilines is 1. The number of benzene rings is 1. The molecule has 3 atom stereocenters. The van der Waals surface area contributed by atoms with Crippen LogP contribution in [0.1, 0.15) is 36.2 Å². The molecule has 0 unspecified atom stereocenters. The first-order valence-electron chi connectivity index (χ1n) is 10.7. The minimum Gasteiger partial charge on any atom is -0.487 e. The molecular formula is C22H25F2N3O4. The number of alkyl halides is 1. The van der Waals surface area contributed by atoms with Gasteiger partial charge < -0.3 is 24.6 Å². The molecule has 7 nitrogen and oxygen atoms in total. The number of carboxylic acids is 1. The van der Waals surface area contributed by atoms with Crippen molar-refractivity contribution in [2.24, 2.45) is 11.8 Å². The maximum Gasteiger partial charge on any atom is 0.341 e. The maximum absolute atomic E-state index is 15.3. The highest BCUT2D eigenvalue weighted by Crippen LogP contribution is 2.44. The summed E-state index contributed by atoms with van der Waals surface area (Å²) in [5, 5.41) is 12.8. The van der Waals surface area contributed by atoms with Crippen molar-refractivity contribution in [3.05, 3.63) is 33.9 Å². The van der Waals surface area contributed by atoms with Gasteiger partial charge in [-0.2, -0.15) is 0 Å². The van der Waals surface area contributed by atoms with Crippen molar-refractivity contribution in [1.82, 2.24) is 9.88 Å². The molecular weight excluding hydrogens is 408 g/mol. The van der Waals surface area contributed by atoms with Gasteiger partial charge in [-0.25, -0.2) is 13.6 Å². The number of rotatable bonds is 6. The number of nitrogens with one attached hydrogen (secondary N) is 1. The maximum atomic E-state index is 15.3. The molecule has 5 rings (SSSR count). The van der Waals surface area contributed by atoms with Gasteiger partial charge in [0.25, 0.3) is 0 Å². The molecule has 166 valence electrons. The summed E-state index contributed by atoms with van der Waals surface area (Å²) in [6, 6.07) is 0.891. The minimum atomic E-state index is -1.43. The standard InChI is InChI=1S/C22H25F2N3O4/c1-11-7-26(8-12(11)6-25-13-2-3-13)19-17(24)4-15-18-21(19)31-10-14(5-23)27(18)9-16(20(15)28)22(29)30/h4,9,11-14,25H,2-3,5-8,10H2,1H3,(H,29,30)/t11-,12+,14+/m1/s1. The first-order valence-corrected chi connectivity index (χ1v) is 10.7. The lowest BCUT2D eigenvalue weighted by Crippen LogP contribution is -2.32. The van der Waals surface area contributed by atoms with Gasteiger partial charge in [0.2, 0.25) is 5.43 Å². The molecule has 3 heterocycles. The fraction of sp³-hybridized carbons (Fsp3) is 0.545.